The first-order valence-corrected chi connectivity index (χ1v) is 9.56. The molecular weight excluding hydrogens is 362 g/mol. The summed E-state index contributed by atoms with van der Waals surface area (Å²) in [4.78, 5) is 36.7. The van der Waals surface area contributed by atoms with Crippen molar-refractivity contribution in [3.63, 3.8) is 0 Å². The van der Waals surface area contributed by atoms with E-state index in [0.717, 1.165) is 10.5 Å². The molecule has 0 aliphatic rings. The van der Waals surface area contributed by atoms with E-state index in [2.05, 4.69) is 11.4 Å². The van der Waals surface area contributed by atoms with E-state index in [1.54, 1.807) is 24.3 Å². The highest BCUT2D eigenvalue weighted by atomic mass is 32.2. The van der Waals surface area contributed by atoms with Gasteiger partial charge in [0.25, 0.3) is 5.91 Å². The van der Waals surface area contributed by atoms with Gasteiger partial charge in [-0.15, -0.1) is 11.8 Å². The number of benzene rings is 2. The van der Waals surface area contributed by atoms with E-state index in [-0.39, 0.29) is 11.5 Å². The Morgan fingerprint density at radius 1 is 1.11 bits per heavy atom. The third-order valence-electron chi connectivity index (χ3n) is 3.89. The maximum Gasteiger partial charge on any atom is 0.317 e. The van der Waals surface area contributed by atoms with Gasteiger partial charge in [-0.3, -0.25) is 14.4 Å². The van der Waals surface area contributed by atoms with E-state index >= 15 is 0 Å². The van der Waals surface area contributed by atoms with Gasteiger partial charge >= 0.3 is 5.97 Å². The van der Waals surface area contributed by atoms with E-state index in [1.165, 1.54) is 31.2 Å². The Morgan fingerprint density at radius 2 is 1.85 bits per heavy atom. The number of anilines is 1. The number of amides is 1. The van der Waals surface area contributed by atoms with Crippen molar-refractivity contribution < 1.29 is 19.1 Å². The molecule has 6 heteroatoms. The number of carbonyl (C=O) groups is 3. The third kappa shape index (κ3) is 6.25. The predicted molar refractivity (Wildman–Crippen MR) is 107 cm³/mol. The van der Waals surface area contributed by atoms with Crippen LogP contribution in [0, 0.1) is 13.8 Å². The van der Waals surface area contributed by atoms with Crippen molar-refractivity contribution in [1.29, 1.82) is 0 Å². The Balaban J connectivity index is 1.87. The molecule has 0 bridgehead atoms. The lowest BCUT2D eigenvalue weighted by Crippen LogP contribution is -2.30. The molecule has 0 unspecified atom stereocenters. The topological polar surface area (TPSA) is 72.5 Å². The highest BCUT2D eigenvalue weighted by molar-refractivity contribution is 8.00. The van der Waals surface area contributed by atoms with Gasteiger partial charge in [0.15, 0.2) is 11.9 Å². The zero-order valence-electron chi connectivity index (χ0n) is 15.9. The summed E-state index contributed by atoms with van der Waals surface area (Å²) >= 11 is 1.38. The average molecular weight is 385 g/mol. The summed E-state index contributed by atoms with van der Waals surface area (Å²) in [6, 6.07) is 12.6. The summed E-state index contributed by atoms with van der Waals surface area (Å²) in [5.74, 6) is -0.865. The van der Waals surface area contributed by atoms with Gasteiger partial charge in [-0.2, -0.15) is 0 Å². The molecule has 0 aromatic heterocycles. The van der Waals surface area contributed by atoms with Crippen molar-refractivity contribution in [3.05, 3.63) is 59.2 Å². The molecule has 1 amide bonds. The predicted octanol–water partition coefficient (Wildman–Crippen LogP) is 4.17. The molecule has 5 nitrogen and oxygen atoms in total. The van der Waals surface area contributed by atoms with Gasteiger partial charge in [-0.1, -0.05) is 29.8 Å². The highest BCUT2D eigenvalue weighted by Gasteiger charge is 2.18. The molecule has 1 atom stereocenters. The van der Waals surface area contributed by atoms with Gasteiger partial charge < -0.3 is 10.1 Å². The molecule has 0 saturated heterocycles. The Morgan fingerprint density at radius 3 is 2.52 bits per heavy atom. The fourth-order valence-corrected chi connectivity index (χ4v) is 3.23. The zero-order chi connectivity index (χ0) is 20.0. The van der Waals surface area contributed by atoms with Gasteiger partial charge in [-0.25, -0.2) is 0 Å². The van der Waals surface area contributed by atoms with Crippen LogP contribution in [0.2, 0.25) is 0 Å². The monoisotopic (exact) mass is 385 g/mol. The fraction of sp³-hybridized carbons (Fsp3) is 0.286. The zero-order valence-corrected chi connectivity index (χ0v) is 16.7. The molecule has 2 aromatic rings. The second kappa shape index (κ2) is 9.37. The Hall–Kier alpha value is -2.60. The first kappa shape index (κ1) is 20.7. The number of esters is 1. The molecule has 0 aliphatic carbocycles. The van der Waals surface area contributed by atoms with Crippen LogP contribution in [-0.4, -0.2) is 29.5 Å². The van der Waals surface area contributed by atoms with Gasteiger partial charge in [-0.05, 0) is 51.5 Å². The number of nitrogens with one attached hydrogen (secondary N) is 1. The van der Waals surface area contributed by atoms with Crippen LogP contribution in [0.15, 0.2) is 47.4 Å². The lowest BCUT2D eigenvalue weighted by Gasteiger charge is -2.14. The minimum atomic E-state index is -0.932. The van der Waals surface area contributed by atoms with Crippen LogP contribution in [0.25, 0.3) is 0 Å². The standard InChI is InChI=1S/C21H23NO4S/c1-13-8-9-19(14(2)10-13)27-12-20(24)26-16(4)21(25)22-18-7-5-6-17(11-18)15(3)23/h5-11,16H,12H2,1-4H3,(H,22,25)/t16-/m0/s1. The number of carbonyl (C=O) groups excluding carboxylic acids is 3. The molecule has 0 fully saturated rings. The minimum Gasteiger partial charge on any atom is -0.452 e. The Labute approximate surface area is 163 Å². The molecule has 0 saturated carbocycles. The van der Waals surface area contributed by atoms with Gasteiger partial charge in [0.05, 0.1) is 5.75 Å². The lowest BCUT2D eigenvalue weighted by atomic mass is 10.1. The number of thioether (sulfide) groups is 1. The third-order valence-corrected chi connectivity index (χ3v) is 5.04. The van der Waals surface area contributed by atoms with Crippen molar-refractivity contribution in [2.75, 3.05) is 11.1 Å². The second-order valence-corrected chi connectivity index (χ2v) is 7.33. The average Bonchev–Trinajstić information content (AvgIpc) is 2.61. The highest BCUT2D eigenvalue weighted by Crippen LogP contribution is 2.23. The largest absolute Gasteiger partial charge is 0.452 e. The summed E-state index contributed by atoms with van der Waals surface area (Å²) in [5.41, 5.74) is 3.25. The van der Waals surface area contributed by atoms with Crippen molar-refractivity contribution in [1.82, 2.24) is 0 Å². The lowest BCUT2D eigenvalue weighted by molar-refractivity contribution is -0.150. The van der Waals surface area contributed by atoms with Crippen LogP contribution in [0.1, 0.15) is 35.3 Å². The van der Waals surface area contributed by atoms with Crippen LogP contribution >= 0.6 is 11.8 Å². The van der Waals surface area contributed by atoms with Crippen molar-refractivity contribution in [2.45, 2.75) is 38.7 Å². The Bertz CT molecular complexity index is 863. The summed E-state index contributed by atoms with van der Waals surface area (Å²) < 4.78 is 5.21. The molecule has 0 aliphatic heterocycles. The normalized spacial score (nSPS) is 11.6. The van der Waals surface area contributed by atoms with Crippen molar-refractivity contribution in [3.8, 4) is 0 Å². The molecule has 142 valence electrons. The number of ketones is 1. The minimum absolute atomic E-state index is 0.0889. The summed E-state index contributed by atoms with van der Waals surface area (Å²) in [6.07, 6.45) is -0.932. The molecule has 0 radical (unpaired) electrons. The van der Waals surface area contributed by atoms with Crippen LogP contribution in [0.4, 0.5) is 5.69 Å². The summed E-state index contributed by atoms with van der Waals surface area (Å²) in [5, 5.41) is 2.66. The maximum absolute atomic E-state index is 12.2. The molecule has 2 aromatic carbocycles. The van der Waals surface area contributed by atoms with Crippen LogP contribution in [-0.2, 0) is 14.3 Å². The van der Waals surface area contributed by atoms with Crippen LogP contribution in [0.3, 0.4) is 0 Å². The maximum atomic E-state index is 12.2. The van der Waals surface area contributed by atoms with E-state index < -0.39 is 18.0 Å². The van der Waals surface area contributed by atoms with E-state index in [1.807, 2.05) is 26.0 Å². The van der Waals surface area contributed by atoms with Gasteiger partial charge in [0.2, 0.25) is 0 Å². The molecule has 27 heavy (non-hydrogen) atoms. The van der Waals surface area contributed by atoms with E-state index in [0.29, 0.717) is 11.3 Å². The van der Waals surface area contributed by atoms with Gasteiger partial charge in [0, 0.05) is 16.1 Å². The summed E-state index contributed by atoms with van der Waals surface area (Å²) in [7, 11) is 0. The summed E-state index contributed by atoms with van der Waals surface area (Å²) in [6.45, 7) is 6.98. The fourth-order valence-electron chi connectivity index (χ4n) is 2.44. The molecular formula is C21H23NO4S. The number of ether oxygens (including phenoxy) is 1. The number of aryl methyl sites for hydroxylation is 2. The van der Waals surface area contributed by atoms with E-state index in [9.17, 15) is 14.4 Å². The quantitative estimate of drug-likeness (QED) is 0.440. The first-order chi connectivity index (χ1) is 12.8. The van der Waals surface area contributed by atoms with E-state index in [4.69, 9.17) is 4.74 Å². The van der Waals surface area contributed by atoms with Gasteiger partial charge in [0.1, 0.15) is 0 Å². The molecule has 0 spiro atoms. The molecule has 2 rings (SSSR count). The SMILES string of the molecule is CC(=O)c1cccc(NC(=O)[C@H](C)OC(=O)CSc2ccc(C)cc2C)c1. The number of hydrogen-bond donors (Lipinski definition) is 1. The first-order valence-electron chi connectivity index (χ1n) is 8.57. The number of Topliss-reactive ketones (excluding diaryl/α,β-unsaturated/α-hetero) is 1. The number of hydrogen-bond acceptors (Lipinski definition) is 5. The Kier molecular flexibility index (Phi) is 7.19. The number of rotatable bonds is 7. The van der Waals surface area contributed by atoms with Crippen molar-refractivity contribution in [2.24, 2.45) is 0 Å². The molecule has 1 N–H and O–H groups in total. The van der Waals surface area contributed by atoms with Crippen molar-refractivity contribution >= 4 is 35.1 Å². The smallest absolute Gasteiger partial charge is 0.317 e. The second-order valence-electron chi connectivity index (χ2n) is 6.32. The van der Waals surface area contributed by atoms with Crippen LogP contribution < -0.4 is 5.32 Å². The van der Waals surface area contributed by atoms with Crippen LogP contribution in [0.5, 0.6) is 0 Å². The molecule has 0 heterocycles.